The molecule has 0 saturated carbocycles. The Morgan fingerprint density at radius 2 is 2.00 bits per heavy atom. The smallest absolute Gasteiger partial charge is 0.325 e. The first-order valence-electron chi connectivity index (χ1n) is 4.66. The second-order valence-electron chi connectivity index (χ2n) is 3.20. The van der Waals surface area contributed by atoms with Crippen LogP contribution in [0.15, 0.2) is 24.5 Å². The van der Waals surface area contributed by atoms with Gasteiger partial charge in [-0.05, 0) is 12.1 Å². The molecule has 6 nitrogen and oxygen atoms in total. The van der Waals surface area contributed by atoms with Crippen LogP contribution in [0, 0.1) is 0 Å². The van der Waals surface area contributed by atoms with Gasteiger partial charge < -0.3 is 4.84 Å². The maximum absolute atomic E-state index is 11.5. The van der Waals surface area contributed by atoms with Gasteiger partial charge in [0, 0.05) is 25.2 Å². The Hall–Kier alpha value is -2.24. The summed E-state index contributed by atoms with van der Waals surface area (Å²) in [6, 6.07) is 3.05. The highest BCUT2D eigenvalue weighted by atomic mass is 16.8. The van der Waals surface area contributed by atoms with Gasteiger partial charge in [-0.3, -0.25) is 14.6 Å². The zero-order valence-electron chi connectivity index (χ0n) is 8.25. The molecule has 0 atom stereocenters. The normalized spacial score (nSPS) is 15.4. The van der Waals surface area contributed by atoms with Gasteiger partial charge in [-0.1, -0.05) is 0 Å². The van der Waals surface area contributed by atoms with Gasteiger partial charge in [0.25, 0.3) is 11.8 Å². The zero-order chi connectivity index (χ0) is 11.5. The van der Waals surface area contributed by atoms with E-state index in [-0.39, 0.29) is 18.4 Å². The summed E-state index contributed by atoms with van der Waals surface area (Å²) < 4.78 is 0. The van der Waals surface area contributed by atoms with Crippen LogP contribution in [0.1, 0.15) is 23.2 Å². The van der Waals surface area contributed by atoms with E-state index in [0.29, 0.717) is 5.06 Å². The van der Waals surface area contributed by atoms with Crippen molar-refractivity contribution in [3.8, 4) is 0 Å². The Bertz CT molecular complexity index is 427. The molecular formula is C10H8N2O4. The fourth-order valence-electron chi connectivity index (χ4n) is 1.28. The molecule has 0 N–H and O–H groups in total. The lowest BCUT2D eigenvalue weighted by molar-refractivity contribution is -0.172. The lowest BCUT2D eigenvalue weighted by atomic mass is 10.4. The minimum atomic E-state index is -0.767. The first-order chi connectivity index (χ1) is 7.68. The molecule has 2 heterocycles. The van der Waals surface area contributed by atoms with Crippen LogP contribution >= 0.6 is 0 Å². The molecule has 0 bridgehead atoms. The highest BCUT2D eigenvalue weighted by molar-refractivity contribution is 6.02. The average Bonchev–Trinajstić information content (AvgIpc) is 2.62. The van der Waals surface area contributed by atoms with Crippen molar-refractivity contribution in [2.75, 3.05) is 0 Å². The first-order valence-corrected chi connectivity index (χ1v) is 4.66. The van der Waals surface area contributed by atoms with Crippen LogP contribution in [0.4, 0.5) is 0 Å². The molecule has 1 aromatic rings. The molecule has 82 valence electrons. The number of hydroxylamine groups is 2. The van der Waals surface area contributed by atoms with E-state index in [1.54, 1.807) is 6.07 Å². The van der Waals surface area contributed by atoms with Crippen molar-refractivity contribution in [1.29, 1.82) is 0 Å². The van der Waals surface area contributed by atoms with E-state index in [4.69, 9.17) is 0 Å². The number of hydrogen-bond acceptors (Lipinski definition) is 5. The number of aromatic nitrogens is 1. The number of carbonyl (C=O) groups is 3. The van der Waals surface area contributed by atoms with Crippen LogP contribution in [-0.4, -0.2) is 27.8 Å². The van der Waals surface area contributed by atoms with E-state index in [2.05, 4.69) is 9.82 Å². The third kappa shape index (κ3) is 1.90. The highest BCUT2D eigenvalue weighted by Gasteiger charge is 2.33. The van der Waals surface area contributed by atoms with Crippen molar-refractivity contribution < 1.29 is 19.2 Å². The van der Waals surface area contributed by atoms with E-state index in [1.165, 1.54) is 18.5 Å². The molecule has 16 heavy (non-hydrogen) atoms. The van der Waals surface area contributed by atoms with Crippen LogP contribution in [0.2, 0.25) is 0 Å². The fourth-order valence-corrected chi connectivity index (χ4v) is 1.28. The molecule has 6 heteroatoms. The Morgan fingerprint density at radius 1 is 1.31 bits per heavy atom. The van der Waals surface area contributed by atoms with E-state index in [1.807, 2.05) is 0 Å². The lowest BCUT2D eigenvalue weighted by Crippen LogP contribution is -2.32. The Morgan fingerprint density at radius 3 is 2.56 bits per heavy atom. The van der Waals surface area contributed by atoms with Crippen molar-refractivity contribution in [1.82, 2.24) is 10.0 Å². The summed E-state index contributed by atoms with van der Waals surface area (Å²) >= 11 is 0. The Labute approximate surface area is 90.8 Å². The molecule has 1 aliphatic heterocycles. The van der Waals surface area contributed by atoms with Crippen molar-refractivity contribution in [2.24, 2.45) is 0 Å². The van der Waals surface area contributed by atoms with Crippen molar-refractivity contribution >= 4 is 17.8 Å². The topological polar surface area (TPSA) is 76.6 Å². The number of carbonyl (C=O) groups excluding carboxylic acids is 3. The van der Waals surface area contributed by atoms with Gasteiger partial charge in [-0.15, -0.1) is 5.06 Å². The molecule has 0 unspecified atom stereocenters. The van der Waals surface area contributed by atoms with Gasteiger partial charge in [0.15, 0.2) is 0 Å². The maximum atomic E-state index is 11.5. The molecule has 0 aromatic carbocycles. The molecule has 1 fully saturated rings. The molecule has 2 rings (SSSR count). The minimum Gasteiger partial charge on any atom is -0.325 e. The number of nitrogens with zero attached hydrogens (tertiary/aromatic N) is 2. The Balaban J connectivity index is 2.08. The Kier molecular flexibility index (Phi) is 2.63. The minimum absolute atomic E-state index is 0.0825. The SMILES string of the molecule is O=C1CCC(=O)N1O[13C](=O)[13c]1[13cH][13cH][13cH]n[13cH]1. The molecule has 2 amide bonds. The van der Waals surface area contributed by atoms with E-state index >= 15 is 0 Å². The van der Waals surface area contributed by atoms with Crippen LogP contribution in [0.25, 0.3) is 0 Å². The summed E-state index contributed by atoms with van der Waals surface area (Å²) in [5.74, 6) is -1.76. The number of amides is 2. The first kappa shape index (κ1) is 10.3. The monoisotopic (exact) mass is 226 g/mol. The van der Waals surface area contributed by atoms with Crippen LogP contribution in [-0.2, 0) is 14.4 Å². The molecule has 1 aromatic heterocycles. The standard InChI is InChI=1S/C10H8N2O4/c13-8-3-4-9(14)12(8)16-10(15)7-2-1-5-11-6-7/h1-2,5-6H,3-4H2/i1+1,2+1,5+1,6+1,7+1,10+1. The summed E-state index contributed by atoms with van der Waals surface area (Å²) in [4.78, 5) is 42.2. The van der Waals surface area contributed by atoms with Gasteiger partial charge in [0.05, 0.1) is 5.56 Å². The van der Waals surface area contributed by atoms with E-state index in [9.17, 15) is 14.4 Å². The van der Waals surface area contributed by atoms with Crippen LogP contribution in [0.5, 0.6) is 0 Å². The second-order valence-corrected chi connectivity index (χ2v) is 3.20. The largest absolute Gasteiger partial charge is 0.365 e. The molecular weight excluding hydrogens is 218 g/mol. The summed E-state index contributed by atoms with van der Waals surface area (Å²) in [5, 5.41) is 0.509. The van der Waals surface area contributed by atoms with E-state index in [0.717, 1.165) is 0 Å². The van der Waals surface area contributed by atoms with Crippen molar-refractivity contribution in [3.05, 3.63) is 30.1 Å². The van der Waals surface area contributed by atoms with E-state index < -0.39 is 17.8 Å². The summed E-state index contributed by atoms with van der Waals surface area (Å²) in [7, 11) is 0. The second kappa shape index (κ2) is 4.09. The van der Waals surface area contributed by atoms with Gasteiger partial charge in [0.2, 0.25) is 0 Å². The molecule has 0 spiro atoms. The highest BCUT2D eigenvalue weighted by Crippen LogP contribution is 2.13. The van der Waals surface area contributed by atoms with Gasteiger partial charge in [-0.2, -0.15) is 0 Å². The lowest BCUT2D eigenvalue weighted by Gasteiger charge is -2.11. The number of pyridine rings is 1. The summed E-state index contributed by atoms with van der Waals surface area (Å²) in [6.07, 6.45) is 2.97. The zero-order valence-corrected chi connectivity index (χ0v) is 8.25. The van der Waals surface area contributed by atoms with Crippen molar-refractivity contribution in [2.45, 2.75) is 12.8 Å². The van der Waals surface area contributed by atoms with Crippen LogP contribution < -0.4 is 0 Å². The number of imide groups is 1. The average molecular weight is 226 g/mol. The quantitative estimate of drug-likeness (QED) is 0.535. The molecule has 0 radical (unpaired) electrons. The molecule has 1 aliphatic rings. The third-order valence-electron chi connectivity index (χ3n) is 2.08. The van der Waals surface area contributed by atoms with Gasteiger partial charge in [0.1, 0.15) is 0 Å². The van der Waals surface area contributed by atoms with Crippen molar-refractivity contribution in [3.63, 3.8) is 0 Å². The molecule has 0 aliphatic carbocycles. The van der Waals surface area contributed by atoms with Gasteiger partial charge in [-0.25, -0.2) is 4.79 Å². The van der Waals surface area contributed by atoms with Crippen LogP contribution in [0.3, 0.4) is 0 Å². The number of hydrogen-bond donors (Lipinski definition) is 0. The molecule has 1 saturated heterocycles. The maximum Gasteiger partial charge on any atom is 0.365 e. The third-order valence-corrected chi connectivity index (χ3v) is 2.08. The summed E-state index contributed by atoms with van der Waals surface area (Å²) in [6.45, 7) is 0. The predicted molar refractivity (Wildman–Crippen MR) is 50.7 cm³/mol. The fraction of sp³-hybridized carbons (Fsp3) is 0.200. The number of rotatable bonds is 2. The predicted octanol–water partition coefficient (Wildman–Crippen LogP) is 0.302. The van der Waals surface area contributed by atoms with Gasteiger partial charge >= 0.3 is 5.97 Å². The summed E-state index contributed by atoms with van der Waals surface area (Å²) in [5.41, 5.74) is 0.190.